The van der Waals surface area contributed by atoms with Crippen LogP contribution in [0.15, 0.2) is 30.3 Å². The number of nitrogens with zero attached hydrogens (tertiary/aromatic N) is 4. The highest BCUT2D eigenvalue weighted by Gasteiger charge is 2.20. The van der Waals surface area contributed by atoms with E-state index in [2.05, 4.69) is 10.4 Å². The molecule has 2 rings (SSSR count). The Morgan fingerprint density at radius 2 is 1.69 bits per heavy atom. The van der Waals surface area contributed by atoms with Crippen LogP contribution in [0.3, 0.4) is 0 Å². The van der Waals surface area contributed by atoms with Crippen molar-refractivity contribution >= 4 is 11.8 Å². The molecule has 0 aliphatic heterocycles. The van der Waals surface area contributed by atoms with Gasteiger partial charge in [0.15, 0.2) is 0 Å². The number of amides is 2. The van der Waals surface area contributed by atoms with Crippen LogP contribution in [0.4, 0.5) is 0 Å². The summed E-state index contributed by atoms with van der Waals surface area (Å²) in [6.07, 6.45) is 0. The molecule has 1 heterocycles. The van der Waals surface area contributed by atoms with E-state index in [-0.39, 0.29) is 30.4 Å². The molecule has 29 heavy (non-hydrogen) atoms. The fourth-order valence-corrected chi connectivity index (χ4v) is 3.16. The lowest BCUT2D eigenvalue weighted by atomic mass is 10.1. The second-order valence-electron chi connectivity index (χ2n) is 8.62. The van der Waals surface area contributed by atoms with Gasteiger partial charge in [-0.15, -0.1) is 0 Å². The highest BCUT2D eigenvalue weighted by molar-refractivity contribution is 5.85. The third-order valence-electron chi connectivity index (χ3n) is 4.60. The fraction of sp³-hybridized carbons (Fsp3) is 0.500. The molecule has 0 saturated heterocycles. The van der Waals surface area contributed by atoms with Crippen molar-refractivity contribution in [3.8, 4) is 5.69 Å². The van der Waals surface area contributed by atoms with Crippen LogP contribution in [0.5, 0.6) is 0 Å². The first kappa shape index (κ1) is 22.6. The number of benzene rings is 1. The second kappa shape index (κ2) is 9.22. The van der Waals surface area contributed by atoms with Crippen molar-refractivity contribution in [2.75, 3.05) is 27.2 Å². The molecule has 1 aromatic carbocycles. The Labute approximate surface area is 173 Å². The predicted octanol–water partition coefficient (Wildman–Crippen LogP) is 2.29. The van der Waals surface area contributed by atoms with Crippen LogP contribution in [0.2, 0.25) is 0 Å². The molecule has 2 aromatic rings. The largest absolute Gasteiger partial charge is 0.350 e. The van der Waals surface area contributed by atoms with Gasteiger partial charge in [-0.05, 0) is 53.8 Å². The molecule has 0 spiro atoms. The van der Waals surface area contributed by atoms with E-state index in [4.69, 9.17) is 0 Å². The summed E-state index contributed by atoms with van der Waals surface area (Å²) in [5, 5.41) is 7.54. The van der Waals surface area contributed by atoms with E-state index in [9.17, 15) is 9.59 Å². The number of para-hydroxylation sites is 1. The van der Waals surface area contributed by atoms with Gasteiger partial charge in [-0.3, -0.25) is 14.5 Å². The molecule has 0 bridgehead atoms. The fourth-order valence-electron chi connectivity index (χ4n) is 3.16. The van der Waals surface area contributed by atoms with E-state index in [0.29, 0.717) is 6.54 Å². The highest BCUT2D eigenvalue weighted by Crippen LogP contribution is 2.19. The van der Waals surface area contributed by atoms with Crippen molar-refractivity contribution in [1.82, 2.24) is 24.9 Å². The molecule has 158 valence electrons. The molecule has 2 amide bonds. The van der Waals surface area contributed by atoms with Gasteiger partial charge in [0, 0.05) is 30.4 Å². The summed E-state index contributed by atoms with van der Waals surface area (Å²) in [7, 11) is 3.56. The highest BCUT2D eigenvalue weighted by atomic mass is 16.2. The third kappa shape index (κ3) is 6.42. The molecule has 0 atom stereocenters. The molecule has 0 fully saturated rings. The normalized spacial score (nSPS) is 11.6. The molecule has 7 nitrogen and oxygen atoms in total. The Bertz CT molecular complexity index is 852. The summed E-state index contributed by atoms with van der Waals surface area (Å²) in [6.45, 7) is 10.7. The summed E-state index contributed by atoms with van der Waals surface area (Å²) < 4.78 is 1.93. The van der Waals surface area contributed by atoms with Crippen molar-refractivity contribution in [1.29, 1.82) is 0 Å². The SMILES string of the molecule is Cc1nn(-c2ccccc2)c(C)c1CN(C)CC(=O)N(C)CC(=O)NC(C)(C)C. The summed E-state index contributed by atoms with van der Waals surface area (Å²) >= 11 is 0. The monoisotopic (exact) mass is 399 g/mol. The smallest absolute Gasteiger partial charge is 0.240 e. The molecule has 0 unspecified atom stereocenters. The van der Waals surface area contributed by atoms with Crippen molar-refractivity contribution in [3.05, 3.63) is 47.3 Å². The van der Waals surface area contributed by atoms with Gasteiger partial charge < -0.3 is 10.2 Å². The van der Waals surface area contributed by atoms with Gasteiger partial charge in [-0.2, -0.15) is 5.10 Å². The van der Waals surface area contributed by atoms with Crippen LogP contribution in [-0.2, 0) is 16.1 Å². The minimum absolute atomic E-state index is 0.0495. The van der Waals surface area contributed by atoms with Gasteiger partial charge in [-0.1, -0.05) is 18.2 Å². The van der Waals surface area contributed by atoms with Gasteiger partial charge in [-0.25, -0.2) is 4.68 Å². The maximum absolute atomic E-state index is 12.5. The molecule has 0 aliphatic carbocycles. The lowest BCUT2D eigenvalue weighted by Crippen LogP contribution is -2.47. The van der Waals surface area contributed by atoms with Crippen molar-refractivity contribution in [3.63, 3.8) is 0 Å². The summed E-state index contributed by atoms with van der Waals surface area (Å²) in [5.74, 6) is -0.255. The number of nitrogens with one attached hydrogen (secondary N) is 1. The van der Waals surface area contributed by atoms with Gasteiger partial charge >= 0.3 is 0 Å². The molecule has 7 heteroatoms. The Kier molecular flexibility index (Phi) is 7.19. The minimum Gasteiger partial charge on any atom is -0.350 e. The molecular formula is C22H33N5O2. The van der Waals surface area contributed by atoms with E-state index < -0.39 is 0 Å². The molecule has 0 radical (unpaired) electrons. The first-order valence-corrected chi connectivity index (χ1v) is 9.82. The Morgan fingerprint density at radius 1 is 1.07 bits per heavy atom. The quantitative estimate of drug-likeness (QED) is 0.776. The molecule has 0 aliphatic rings. The van der Waals surface area contributed by atoms with Gasteiger partial charge in [0.05, 0.1) is 24.5 Å². The second-order valence-corrected chi connectivity index (χ2v) is 8.62. The number of carbonyl (C=O) groups is 2. The maximum Gasteiger partial charge on any atom is 0.240 e. The average molecular weight is 400 g/mol. The van der Waals surface area contributed by atoms with Crippen molar-refractivity contribution in [2.45, 2.75) is 46.7 Å². The zero-order valence-corrected chi connectivity index (χ0v) is 18.6. The summed E-state index contributed by atoms with van der Waals surface area (Å²) in [4.78, 5) is 28.0. The van der Waals surface area contributed by atoms with Crippen LogP contribution in [0.1, 0.15) is 37.7 Å². The summed E-state index contributed by atoms with van der Waals surface area (Å²) in [6, 6.07) is 10.00. The number of rotatable bonds is 7. The first-order valence-electron chi connectivity index (χ1n) is 9.82. The predicted molar refractivity (Wildman–Crippen MR) is 115 cm³/mol. The average Bonchev–Trinajstić information content (AvgIpc) is 2.88. The molecule has 1 N–H and O–H groups in total. The molecule has 0 saturated carbocycles. The van der Waals surface area contributed by atoms with Crippen LogP contribution >= 0.6 is 0 Å². The van der Waals surface area contributed by atoms with Crippen LogP contribution < -0.4 is 5.32 Å². The number of hydrogen-bond acceptors (Lipinski definition) is 4. The van der Waals surface area contributed by atoms with Crippen molar-refractivity contribution in [2.24, 2.45) is 0 Å². The number of aryl methyl sites for hydroxylation is 1. The first-order chi connectivity index (χ1) is 13.5. The number of aromatic nitrogens is 2. The number of hydrogen-bond donors (Lipinski definition) is 1. The van der Waals surface area contributed by atoms with E-state index in [0.717, 1.165) is 22.6 Å². The number of carbonyl (C=O) groups excluding carboxylic acids is 2. The van der Waals surface area contributed by atoms with E-state index in [1.165, 1.54) is 4.90 Å². The molecular weight excluding hydrogens is 366 g/mol. The Morgan fingerprint density at radius 3 is 2.28 bits per heavy atom. The summed E-state index contributed by atoms with van der Waals surface area (Å²) in [5.41, 5.74) is 3.82. The van der Waals surface area contributed by atoms with Gasteiger partial charge in [0.25, 0.3) is 0 Å². The standard InChI is InChI=1S/C22H33N5O2/c1-16-19(17(2)27(24-16)18-11-9-8-10-12-18)13-25(6)15-21(29)26(7)14-20(28)23-22(3,4)5/h8-12H,13-15H2,1-7H3,(H,23,28). The molecule has 1 aromatic heterocycles. The lowest BCUT2D eigenvalue weighted by Gasteiger charge is -2.25. The third-order valence-corrected chi connectivity index (χ3v) is 4.60. The van der Waals surface area contributed by atoms with Gasteiger partial charge in [0.1, 0.15) is 0 Å². The Balaban J connectivity index is 1.98. The van der Waals surface area contributed by atoms with E-state index >= 15 is 0 Å². The Hall–Kier alpha value is -2.67. The maximum atomic E-state index is 12.5. The lowest BCUT2D eigenvalue weighted by molar-refractivity contribution is -0.136. The van der Waals surface area contributed by atoms with E-state index in [1.807, 2.05) is 81.6 Å². The van der Waals surface area contributed by atoms with Crippen LogP contribution in [-0.4, -0.2) is 64.1 Å². The number of likely N-dealkylation sites (N-methyl/N-ethyl adjacent to an activating group) is 2. The van der Waals surface area contributed by atoms with Crippen LogP contribution in [0.25, 0.3) is 5.69 Å². The topological polar surface area (TPSA) is 70.5 Å². The zero-order valence-electron chi connectivity index (χ0n) is 18.6. The van der Waals surface area contributed by atoms with E-state index in [1.54, 1.807) is 7.05 Å². The van der Waals surface area contributed by atoms with Crippen LogP contribution in [0, 0.1) is 13.8 Å². The van der Waals surface area contributed by atoms with Gasteiger partial charge in [0.2, 0.25) is 11.8 Å². The minimum atomic E-state index is -0.314. The zero-order chi connectivity index (χ0) is 21.8. The van der Waals surface area contributed by atoms with Crippen molar-refractivity contribution < 1.29 is 9.59 Å².